The highest BCUT2D eigenvalue weighted by molar-refractivity contribution is 6.30. The first-order chi connectivity index (χ1) is 8.12. The van der Waals surface area contributed by atoms with Gasteiger partial charge in [0.1, 0.15) is 0 Å². The summed E-state index contributed by atoms with van der Waals surface area (Å²) in [6.45, 7) is -0.401. The van der Waals surface area contributed by atoms with Crippen molar-refractivity contribution in [3.63, 3.8) is 0 Å². The van der Waals surface area contributed by atoms with Crippen molar-refractivity contribution in [3.8, 4) is 11.5 Å². The number of rotatable bonds is 5. The highest BCUT2D eigenvalue weighted by Crippen LogP contribution is 2.34. The summed E-state index contributed by atoms with van der Waals surface area (Å²) >= 11 is 5.84. The lowest BCUT2D eigenvalue weighted by molar-refractivity contribution is -0.122. The molecule has 0 heterocycles. The molecule has 0 aliphatic rings. The largest absolute Gasteiger partial charge is 0.493 e. The van der Waals surface area contributed by atoms with Crippen LogP contribution in [0.25, 0.3) is 0 Å². The molecule has 2 N–H and O–H groups in total. The van der Waals surface area contributed by atoms with Crippen molar-refractivity contribution < 1.29 is 19.4 Å². The van der Waals surface area contributed by atoms with Gasteiger partial charge >= 0.3 is 0 Å². The maximum atomic E-state index is 11.1. The van der Waals surface area contributed by atoms with E-state index in [4.69, 9.17) is 21.1 Å². The Bertz CT molecular complexity index is 383. The molecule has 0 fully saturated rings. The minimum atomic E-state index is -0.272. The second-order valence-electron chi connectivity index (χ2n) is 3.22. The number of carbonyl (C=O) groups is 1. The summed E-state index contributed by atoms with van der Waals surface area (Å²) in [5.74, 6) is 0.430. The molecule has 0 saturated carbocycles. The number of hydrogen-bond donors (Lipinski definition) is 2. The van der Waals surface area contributed by atoms with Gasteiger partial charge in [0.25, 0.3) is 5.91 Å². The van der Waals surface area contributed by atoms with Crippen LogP contribution in [0.15, 0.2) is 12.1 Å². The number of aliphatic hydroxyl groups excluding tert-OH is 1. The van der Waals surface area contributed by atoms with Gasteiger partial charge in [0.15, 0.2) is 18.1 Å². The van der Waals surface area contributed by atoms with Crippen LogP contribution in [-0.4, -0.2) is 31.8 Å². The molecule has 1 rings (SSSR count). The molecule has 0 radical (unpaired) electrons. The van der Waals surface area contributed by atoms with Crippen LogP contribution >= 0.6 is 11.6 Å². The normalized spacial score (nSPS) is 9.88. The van der Waals surface area contributed by atoms with Crippen LogP contribution in [-0.2, 0) is 11.4 Å². The quantitative estimate of drug-likeness (QED) is 0.827. The number of halogens is 1. The molecule has 0 saturated heterocycles. The van der Waals surface area contributed by atoms with Gasteiger partial charge in [0.2, 0.25) is 0 Å². The summed E-state index contributed by atoms with van der Waals surface area (Å²) < 4.78 is 10.4. The van der Waals surface area contributed by atoms with Crippen molar-refractivity contribution in [1.82, 2.24) is 5.32 Å². The number of hydrogen-bond acceptors (Lipinski definition) is 4. The average molecular weight is 260 g/mol. The van der Waals surface area contributed by atoms with E-state index in [1.807, 2.05) is 0 Å². The Morgan fingerprint density at radius 2 is 2.24 bits per heavy atom. The molecule has 94 valence electrons. The van der Waals surface area contributed by atoms with Crippen LogP contribution in [0.4, 0.5) is 0 Å². The summed E-state index contributed by atoms with van der Waals surface area (Å²) in [5.41, 5.74) is 0.471. The Morgan fingerprint density at radius 1 is 1.53 bits per heavy atom. The number of aliphatic hydroxyl groups is 1. The van der Waals surface area contributed by atoms with Gasteiger partial charge in [0, 0.05) is 23.7 Å². The number of likely N-dealkylation sites (N-methyl/N-ethyl adjacent to an activating group) is 1. The molecule has 1 aromatic rings. The van der Waals surface area contributed by atoms with E-state index in [0.717, 1.165) is 0 Å². The fourth-order valence-corrected chi connectivity index (χ4v) is 1.50. The Hall–Kier alpha value is -1.46. The third-order valence-corrected chi connectivity index (χ3v) is 2.33. The number of carbonyl (C=O) groups excluding carboxylic acids is 1. The van der Waals surface area contributed by atoms with E-state index in [1.54, 1.807) is 12.1 Å². The smallest absolute Gasteiger partial charge is 0.257 e. The number of ether oxygens (including phenoxy) is 2. The number of benzene rings is 1. The van der Waals surface area contributed by atoms with Crippen molar-refractivity contribution >= 4 is 17.5 Å². The molecule has 1 amide bonds. The van der Waals surface area contributed by atoms with Gasteiger partial charge in [-0.1, -0.05) is 11.6 Å². The van der Waals surface area contributed by atoms with E-state index in [-0.39, 0.29) is 19.1 Å². The van der Waals surface area contributed by atoms with E-state index in [2.05, 4.69) is 5.32 Å². The van der Waals surface area contributed by atoms with E-state index >= 15 is 0 Å². The molecule has 6 heteroatoms. The van der Waals surface area contributed by atoms with Gasteiger partial charge < -0.3 is 19.9 Å². The first-order valence-corrected chi connectivity index (χ1v) is 5.30. The third-order valence-electron chi connectivity index (χ3n) is 2.11. The Balaban J connectivity index is 2.98. The topological polar surface area (TPSA) is 67.8 Å². The van der Waals surface area contributed by atoms with Gasteiger partial charge in [-0.05, 0) is 6.07 Å². The Labute approximate surface area is 104 Å². The monoisotopic (exact) mass is 259 g/mol. The van der Waals surface area contributed by atoms with Crippen molar-refractivity contribution in [2.75, 3.05) is 20.8 Å². The van der Waals surface area contributed by atoms with Crippen LogP contribution in [0.2, 0.25) is 5.02 Å². The summed E-state index contributed by atoms with van der Waals surface area (Å²) in [6, 6.07) is 3.11. The van der Waals surface area contributed by atoms with Crippen LogP contribution in [0, 0.1) is 0 Å². The van der Waals surface area contributed by atoms with Crippen LogP contribution in [0.5, 0.6) is 11.5 Å². The van der Waals surface area contributed by atoms with Crippen molar-refractivity contribution in [1.29, 1.82) is 0 Å². The van der Waals surface area contributed by atoms with Crippen LogP contribution < -0.4 is 14.8 Å². The minimum absolute atomic E-state index is 0.151. The van der Waals surface area contributed by atoms with Gasteiger partial charge in [0.05, 0.1) is 13.7 Å². The minimum Gasteiger partial charge on any atom is -0.493 e. The zero-order valence-corrected chi connectivity index (χ0v) is 10.4. The predicted molar refractivity (Wildman–Crippen MR) is 63.5 cm³/mol. The van der Waals surface area contributed by atoms with Crippen molar-refractivity contribution in [2.45, 2.75) is 6.61 Å². The van der Waals surface area contributed by atoms with E-state index in [0.29, 0.717) is 22.1 Å². The van der Waals surface area contributed by atoms with E-state index in [9.17, 15) is 9.90 Å². The Morgan fingerprint density at radius 3 is 2.76 bits per heavy atom. The molecule has 0 aliphatic carbocycles. The highest BCUT2D eigenvalue weighted by Gasteiger charge is 2.13. The van der Waals surface area contributed by atoms with Gasteiger partial charge in [-0.2, -0.15) is 0 Å². The molecule has 0 aliphatic heterocycles. The average Bonchev–Trinajstić information content (AvgIpc) is 2.35. The molecule has 1 aromatic carbocycles. The second-order valence-corrected chi connectivity index (χ2v) is 3.65. The van der Waals surface area contributed by atoms with Crippen LogP contribution in [0.1, 0.15) is 5.56 Å². The lowest BCUT2D eigenvalue weighted by atomic mass is 10.2. The van der Waals surface area contributed by atoms with Crippen LogP contribution in [0.3, 0.4) is 0 Å². The highest BCUT2D eigenvalue weighted by atomic mass is 35.5. The van der Waals surface area contributed by atoms with E-state index < -0.39 is 0 Å². The lowest BCUT2D eigenvalue weighted by Crippen LogP contribution is -2.25. The second kappa shape index (κ2) is 6.32. The lowest BCUT2D eigenvalue weighted by Gasteiger charge is -2.14. The number of methoxy groups -OCH3 is 1. The van der Waals surface area contributed by atoms with E-state index in [1.165, 1.54) is 14.2 Å². The first kappa shape index (κ1) is 13.6. The molecule has 0 atom stereocenters. The first-order valence-electron chi connectivity index (χ1n) is 4.93. The molecule has 0 unspecified atom stereocenters. The number of amides is 1. The standard InChI is InChI=1S/C11H14ClNO4/c1-13-10(15)6-17-11-7(5-14)3-8(12)4-9(11)16-2/h3-4,14H,5-6H2,1-2H3,(H,13,15). The SMILES string of the molecule is CNC(=O)COc1c(CO)cc(Cl)cc1OC. The maximum absolute atomic E-state index is 11.1. The molecule has 17 heavy (non-hydrogen) atoms. The van der Waals surface area contributed by atoms with Gasteiger partial charge in [-0.25, -0.2) is 0 Å². The van der Waals surface area contributed by atoms with Crippen molar-refractivity contribution in [3.05, 3.63) is 22.7 Å². The molecule has 0 spiro atoms. The Kier molecular flexibility index (Phi) is 5.06. The zero-order valence-electron chi connectivity index (χ0n) is 9.62. The third kappa shape index (κ3) is 3.51. The summed E-state index contributed by atoms with van der Waals surface area (Å²) in [7, 11) is 2.97. The molecule has 0 aromatic heterocycles. The number of nitrogens with one attached hydrogen (secondary N) is 1. The maximum Gasteiger partial charge on any atom is 0.257 e. The fourth-order valence-electron chi connectivity index (χ4n) is 1.27. The summed E-state index contributed by atoms with van der Waals surface area (Å²) in [5, 5.41) is 12.0. The predicted octanol–water partition coefficient (Wildman–Crippen LogP) is 0.966. The molecular formula is C11H14ClNO4. The van der Waals surface area contributed by atoms with Gasteiger partial charge in [-0.15, -0.1) is 0 Å². The van der Waals surface area contributed by atoms with Crippen molar-refractivity contribution in [2.24, 2.45) is 0 Å². The molecule has 5 nitrogen and oxygen atoms in total. The molecular weight excluding hydrogens is 246 g/mol. The summed E-state index contributed by atoms with van der Waals surface area (Å²) in [6.07, 6.45) is 0. The molecule has 0 bridgehead atoms. The fraction of sp³-hybridized carbons (Fsp3) is 0.364. The summed E-state index contributed by atoms with van der Waals surface area (Å²) in [4.78, 5) is 11.1. The van der Waals surface area contributed by atoms with Gasteiger partial charge in [-0.3, -0.25) is 4.79 Å². The zero-order chi connectivity index (χ0) is 12.8.